The number of carbonyl (C=O) groups is 1. The summed E-state index contributed by atoms with van der Waals surface area (Å²) in [6.45, 7) is 0. The molecule has 0 aliphatic heterocycles. The van der Waals surface area contributed by atoms with E-state index in [0.717, 1.165) is 3.57 Å². The van der Waals surface area contributed by atoms with E-state index in [0.29, 0.717) is 17.2 Å². The number of rotatable bonds is 3. The van der Waals surface area contributed by atoms with Crippen LogP contribution >= 0.6 is 22.6 Å². The van der Waals surface area contributed by atoms with Crippen molar-refractivity contribution in [1.29, 1.82) is 0 Å². The molecule has 4 nitrogen and oxygen atoms in total. The van der Waals surface area contributed by atoms with Crippen molar-refractivity contribution in [2.45, 2.75) is 0 Å². The van der Waals surface area contributed by atoms with E-state index in [1.807, 2.05) is 24.3 Å². The molecule has 0 radical (unpaired) electrons. The van der Waals surface area contributed by atoms with Crippen LogP contribution in [-0.4, -0.2) is 18.1 Å². The van der Waals surface area contributed by atoms with Gasteiger partial charge in [0.1, 0.15) is 5.75 Å². The molecule has 1 heterocycles. The highest BCUT2D eigenvalue weighted by Crippen LogP contribution is 2.21. The molecule has 92 valence electrons. The van der Waals surface area contributed by atoms with E-state index >= 15 is 0 Å². The van der Waals surface area contributed by atoms with Crippen molar-refractivity contribution >= 4 is 28.6 Å². The first-order valence-electron chi connectivity index (χ1n) is 5.17. The molecular formula is C13H10INO3. The monoisotopic (exact) mass is 355 g/mol. The first-order valence-corrected chi connectivity index (χ1v) is 6.25. The number of halogens is 1. The minimum Gasteiger partial charge on any atom is -0.465 e. The van der Waals surface area contributed by atoms with Crippen molar-refractivity contribution < 1.29 is 14.3 Å². The highest BCUT2D eigenvalue weighted by atomic mass is 127. The maximum Gasteiger partial charge on any atom is 0.338 e. The molecule has 18 heavy (non-hydrogen) atoms. The van der Waals surface area contributed by atoms with Crippen molar-refractivity contribution in [3.63, 3.8) is 0 Å². The summed E-state index contributed by atoms with van der Waals surface area (Å²) in [6.07, 6.45) is 1.51. The number of benzene rings is 1. The Bertz CT molecular complexity index is 554. The summed E-state index contributed by atoms with van der Waals surface area (Å²) in [5.41, 5.74) is 0.410. The zero-order chi connectivity index (χ0) is 13.0. The van der Waals surface area contributed by atoms with E-state index in [4.69, 9.17) is 4.74 Å². The third-order valence-electron chi connectivity index (χ3n) is 2.19. The Morgan fingerprint density at radius 3 is 2.61 bits per heavy atom. The third-order valence-corrected chi connectivity index (χ3v) is 2.91. The number of hydrogen-bond donors (Lipinski definition) is 0. The summed E-state index contributed by atoms with van der Waals surface area (Å²) >= 11 is 2.21. The lowest BCUT2D eigenvalue weighted by atomic mass is 10.3. The van der Waals surface area contributed by atoms with Crippen molar-refractivity contribution in [3.05, 3.63) is 51.7 Å². The van der Waals surface area contributed by atoms with Crippen molar-refractivity contribution in [2.24, 2.45) is 0 Å². The second kappa shape index (κ2) is 5.81. The van der Waals surface area contributed by atoms with Crippen LogP contribution in [0, 0.1) is 3.57 Å². The molecule has 2 aromatic rings. The average molecular weight is 355 g/mol. The molecule has 0 saturated carbocycles. The van der Waals surface area contributed by atoms with Gasteiger partial charge in [0.15, 0.2) is 0 Å². The number of nitrogens with zero attached hydrogens (tertiary/aromatic N) is 1. The van der Waals surface area contributed by atoms with E-state index in [1.165, 1.54) is 13.3 Å². The molecule has 0 unspecified atom stereocenters. The van der Waals surface area contributed by atoms with Gasteiger partial charge in [0.25, 0.3) is 0 Å². The van der Waals surface area contributed by atoms with Gasteiger partial charge in [-0.05, 0) is 52.9 Å². The molecule has 2 rings (SSSR count). The van der Waals surface area contributed by atoms with Crippen LogP contribution in [0.25, 0.3) is 0 Å². The first-order chi connectivity index (χ1) is 8.69. The quantitative estimate of drug-likeness (QED) is 0.627. The van der Waals surface area contributed by atoms with E-state index in [9.17, 15) is 4.79 Å². The van der Waals surface area contributed by atoms with Crippen LogP contribution < -0.4 is 4.74 Å². The maximum atomic E-state index is 11.4. The lowest BCUT2D eigenvalue weighted by molar-refractivity contribution is 0.0600. The second-order valence-corrected chi connectivity index (χ2v) is 4.68. The highest BCUT2D eigenvalue weighted by Gasteiger charge is 2.07. The minimum atomic E-state index is -0.412. The number of methoxy groups -OCH3 is 1. The van der Waals surface area contributed by atoms with Gasteiger partial charge >= 0.3 is 5.97 Å². The number of esters is 1. The van der Waals surface area contributed by atoms with E-state index in [-0.39, 0.29) is 0 Å². The SMILES string of the molecule is COC(=O)c1ccnc(Oc2ccc(I)cc2)c1. The van der Waals surface area contributed by atoms with E-state index in [2.05, 4.69) is 32.3 Å². The minimum absolute atomic E-state index is 0.360. The van der Waals surface area contributed by atoms with Gasteiger partial charge in [0.05, 0.1) is 12.7 Å². The molecule has 0 spiro atoms. The largest absolute Gasteiger partial charge is 0.465 e. The van der Waals surface area contributed by atoms with Crippen molar-refractivity contribution in [2.75, 3.05) is 7.11 Å². The van der Waals surface area contributed by atoms with Gasteiger partial charge in [0.2, 0.25) is 5.88 Å². The maximum absolute atomic E-state index is 11.4. The lowest BCUT2D eigenvalue weighted by Gasteiger charge is -2.05. The summed E-state index contributed by atoms with van der Waals surface area (Å²) in [4.78, 5) is 15.4. The summed E-state index contributed by atoms with van der Waals surface area (Å²) in [5, 5.41) is 0. The second-order valence-electron chi connectivity index (χ2n) is 3.43. The molecule has 1 aromatic carbocycles. The van der Waals surface area contributed by atoms with Crippen molar-refractivity contribution in [3.8, 4) is 11.6 Å². The third kappa shape index (κ3) is 3.19. The summed E-state index contributed by atoms with van der Waals surface area (Å²) in [6, 6.07) is 10.7. The van der Waals surface area contributed by atoms with Gasteiger partial charge in [0, 0.05) is 15.8 Å². The predicted octanol–water partition coefficient (Wildman–Crippen LogP) is 3.27. The van der Waals surface area contributed by atoms with Crippen LogP contribution in [0.2, 0.25) is 0 Å². The van der Waals surface area contributed by atoms with Gasteiger partial charge in [-0.15, -0.1) is 0 Å². The van der Waals surface area contributed by atoms with Gasteiger partial charge in [-0.1, -0.05) is 0 Å². The Morgan fingerprint density at radius 2 is 1.94 bits per heavy atom. The first kappa shape index (κ1) is 12.8. The standard InChI is InChI=1S/C13H10INO3/c1-17-13(16)9-6-7-15-12(8-9)18-11-4-2-10(14)3-5-11/h2-8H,1H3. The zero-order valence-electron chi connectivity index (χ0n) is 9.59. The Balaban J connectivity index is 2.19. The van der Waals surface area contributed by atoms with Gasteiger partial charge in [-0.3, -0.25) is 0 Å². The van der Waals surface area contributed by atoms with Crippen LogP contribution in [-0.2, 0) is 4.74 Å². The van der Waals surface area contributed by atoms with Crippen LogP contribution in [0.5, 0.6) is 11.6 Å². The fraction of sp³-hybridized carbons (Fsp3) is 0.0769. The highest BCUT2D eigenvalue weighted by molar-refractivity contribution is 14.1. The molecule has 0 aliphatic rings. The number of carbonyl (C=O) groups excluding carboxylic acids is 1. The number of aromatic nitrogens is 1. The molecule has 5 heteroatoms. The summed E-state index contributed by atoms with van der Waals surface area (Å²) < 4.78 is 11.3. The molecule has 0 aliphatic carbocycles. The molecule has 0 amide bonds. The van der Waals surface area contributed by atoms with Gasteiger partial charge < -0.3 is 9.47 Å². The van der Waals surface area contributed by atoms with E-state index < -0.39 is 5.97 Å². The molecule has 0 atom stereocenters. The lowest BCUT2D eigenvalue weighted by Crippen LogP contribution is -2.01. The van der Waals surface area contributed by atoms with Crippen LogP contribution in [0.3, 0.4) is 0 Å². The number of hydrogen-bond acceptors (Lipinski definition) is 4. The molecule has 0 N–H and O–H groups in total. The fourth-order valence-corrected chi connectivity index (χ4v) is 1.69. The number of pyridine rings is 1. The normalized spacial score (nSPS) is 9.89. The Kier molecular flexibility index (Phi) is 4.14. The van der Waals surface area contributed by atoms with Crippen LogP contribution in [0.4, 0.5) is 0 Å². The molecular weight excluding hydrogens is 345 g/mol. The topological polar surface area (TPSA) is 48.4 Å². The van der Waals surface area contributed by atoms with Gasteiger partial charge in [-0.2, -0.15) is 0 Å². The summed E-state index contributed by atoms with van der Waals surface area (Å²) in [5.74, 6) is 0.619. The molecule has 0 fully saturated rings. The summed E-state index contributed by atoms with van der Waals surface area (Å²) in [7, 11) is 1.34. The smallest absolute Gasteiger partial charge is 0.338 e. The van der Waals surface area contributed by atoms with E-state index in [1.54, 1.807) is 12.1 Å². The molecule has 0 bridgehead atoms. The fourth-order valence-electron chi connectivity index (χ4n) is 1.33. The molecule has 0 saturated heterocycles. The average Bonchev–Trinajstić information content (AvgIpc) is 2.41. The molecule has 1 aromatic heterocycles. The number of ether oxygens (including phenoxy) is 2. The van der Waals surface area contributed by atoms with Crippen LogP contribution in [0.1, 0.15) is 10.4 Å². The zero-order valence-corrected chi connectivity index (χ0v) is 11.7. The van der Waals surface area contributed by atoms with Crippen LogP contribution in [0.15, 0.2) is 42.6 Å². The predicted molar refractivity (Wildman–Crippen MR) is 74.8 cm³/mol. The Morgan fingerprint density at radius 1 is 1.22 bits per heavy atom. The van der Waals surface area contributed by atoms with Crippen molar-refractivity contribution in [1.82, 2.24) is 4.98 Å². The Hall–Kier alpha value is -1.63. The van der Waals surface area contributed by atoms with Gasteiger partial charge in [-0.25, -0.2) is 9.78 Å². The Labute approximate surface area is 118 Å².